The van der Waals surface area contributed by atoms with E-state index in [0.717, 1.165) is 34.5 Å². The van der Waals surface area contributed by atoms with E-state index in [4.69, 9.17) is 21.1 Å². The maximum atomic E-state index is 12.7. The molecule has 8 nitrogen and oxygen atoms in total. The Morgan fingerprint density at radius 2 is 1.95 bits per heavy atom. The summed E-state index contributed by atoms with van der Waals surface area (Å²) < 4.78 is 11.3. The summed E-state index contributed by atoms with van der Waals surface area (Å²) in [5.74, 6) is 1.11. The molecule has 0 aliphatic carbocycles. The first-order valence-corrected chi connectivity index (χ1v) is 14.0. The molecule has 0 saturated carbocycles. The van der Waals surface area contributed by atoms with Gasteiger partial charge < -0.3 is 19.7 Å². The second-order valence-corrected chi connectivity index (χ2v) is 11.7. The number of para-hydroxylation sites is 1. The molecule has 0 spiro atoms. The van der Waals surface area contributed by atoms with Crippen molar-refractivity contribution >= 4 is 40.9 Å². The van der Waals surface area contributed by atoms with Crippen molar-refractivity contribution in [3.63, 3.8) is 0 Å². The molecule has 10 heteroatoms. The molecule has 3 aromatic rings. The first kappa shape index (κ1) is 26.3. The van der Waals surface area contributed by atoms with Crippen LogP contribution in [0.3, 0.4) is 0 Å². The molecule has 1 saturated heterocycles. The van der Waals surface area contributed by atoms with Crippen molar-refractivity contribution in [2.24, 2.45) is 0 Å². The summed E-state index contributed by atoms with van der Waals surface area (Å²) in [6.45, 7) is 6.81. The number of benzene rings is 2. The molecule has 3 amide bonds. The van der Waals surface area contributed by atoms with Gasteiger partial charge >= 0.3 is 12.1 Å². The van der Waals surface area contributed by atoms with Crippen LogP contribution in [-0.2, 0) is 4.74 Å². The van der Waals surface area contributed by atoms with Gasteiger partial charge in [-0.1, -0.05) is 48.0 Å². The van der Waals surface area contributed by atoms with Crippen molar-refractivity contribution in [2.45, 2.75) is 57.7 Å². The molecule has 2 aliphatic rings. The van der Waals surface area contributed by atoms with Gasteiger partial charge in [-0.05, 0) is 45.2 Å². The molecule has 200 valence electrons. The van der Waals surface area contributed by atoms with E-state index in [1.54, 1.807) is 6.07 Å². The lowest BCUT2D eigenvalue weighted by Crippen LogP contribution is -2.36. The fourth-order valence-electron chi connectivity index (χ4n) is 4.81. The van der Waals surface area contributed by atoms with Gasteiger partial charge in [-0.15, -0.1) is 11.3 Å². The topological polar surface area (TPSA) is 92.8 Å². The molecular formula is C28H31ClN4O4S. The smallest absolute Gasteiger partial charge is 0.410 e. The molecule has 0 bridgehead atoms. The number of hydrogen-bond acceptors (Lipinski definition) is 6. The number of likely N-dealkylation sites (tertiary alicyclic amines) is 1. The molecule has 5 rings (SSSR count). The third-order valence-corrected chi connectivity index (χ3v) is 7.69. The standard InChI is InChI=1S/C28H31ClN4O4S/c1-28(2,3)37-27(35)33-14-5-8-22(33)17-9-11-18(12-10-17)25-31-23(16-38-25)32-26(34)30-21-13-15-36-24-19(21)6-4-7-20(24)29/h4,6-7,9-12,16,21-22H,5,8,13-15H2,1-3H3,(H2,30,32,34)/t21-,22?/m0/s1. The Bertz CT molecular complexity index is 1320. The van der Waals surface area contributed by atoms with Crippen LogP contribution in [0.4, 0.5) is 15.4 Å². The minimum Gasteiger partial charge on any atom is -0.492 e. The normalized spacial score (nSPS) is 18.9. The summed E-state index contributed by atoms with van der Waals surface area (Å²) in [5.41, 5.74) is 2.36. The number of hydrogen-bond donors (Lipinski definition) is 2. The van der Waals surface area contributed by atoms with E-state index in [2.05, 4.69) is 15.6 Å². The number of carbonyl (C=O) groups excluding carboxylic acids is 2. The number of thiazole rings is 1. The van der Waals surface area contributed by atoms with Gasteiger partial charge in [0.05, 0.1) is 23.7 Å². The highest BCUT2D eigenvalue weighted by Gasteiger charge is 2.33. The summed E-state index contributed by atoms with van der Waals surface area (Å²) in [7, 11) is 0. The summed E-state index contributed by atoms with van der Waals surface area (Å²) in [4.78, 5) is 31.8. The zero-order valence-corrected chi connectivity index (χ0v) is 23.2. The van der Waals surface area contributed by atoms with Gasteiger partial charge in [-0.25, -0.2) is 14.6 Å². The highest BCUT2D eigenvalue weighted by atomic mass is 35.5. The lowest BCUT2D eigenvalue weighted by atomic mass is 10.0. The Labute approximate surface area is 231 Å². The highest BCUT2D eigenvalue weighted by molar-refractivity contribution is 7.13. The predicted octanol–water partition coefficient (Wildman–Crippen LogP) is 7.18. The van der Waals surface area contributed by atoms with E-state index in [0.29, 0.717) is 36.2 Å². The van der Waals surface area contributed by atoms with E-state index >= 15 is 0 Å². The van der Waals surface area contributed by atoms with Crippen molar-refractivity contribution in [1.29, 1.82) is 0 Å². The number of aromatic nitrogens is 1. The molecule has 2 aliphatic heterocycles. The molecule has 2 aromatic carbocycles. The van der Waals surface area contributed by atoms with Crippen LogP contribution in [0.5, 0.6) is 5.75 Å². The number of amides is 3. The minimum atomic E-state index is -0.523. The number of anilines is 1. The van der Waals surface area contributed by atoms with Crippen LogP contribution in [-0.4, -0.2) is 40.8 Å². The molecular weight excluding hydrogens is 524 g/mol. The summed E-state index contributed by atoms with van der Waals surface area (Å²) in [6, 6.07) is 13.1. The molecule has 2 N–H and O–H groups in total. The number of carbonyl (C=O) groups is 2. The Kier molecular flexibility index (Phi) is 7.49. The lowest BCUT2D eigenvalue weighted by molar-refractivity contribution is 0.0224. The minimum absolute atomic E-state index is 0.00122. The number of fused-ring (bicyclic) bond motifs is 1. The molecule has 1 aromatic heterocycles. The van der Waals surface area contributed by atoms with Crippen LogP contribution < -0.4 is 15.4 Å². The number of nitrogens with zero attached hydrogens (tertiary/aromatic N) is 2. The molecule has 1 fully saturated rings. The monoisotopic (exact) mass is 554 g/mol. The lowest BCUT2D eigenvalue weighted by Gasteiger charge is -2.28. The Balaban J connectivity index is 1.21. The number of urea groups is 1. The van der Waals surface area contributed by atoms with E-state index in [1.807, 2.05) is 67.4 Å². The maximum Gasteiger partial charge on any atom is 0.410 e. The largest absolute Gasteiger partial charge is 0.492 e. The third kappa shape index (κ3) is 5.89. The van der Waals surface area contributed by atoms with Crippen molar-refractivity contribution < 1.29 is 19.1 Å². The zero-order chi connectivity index (χ0) is 26.9. The number of halogens is 1. The van der Waals surface area contributed by atoms with Crippen molar-refractivity contribution in [2.75, 3.05) is 18.5 Å². The summed E-state index contributed by atoms with van der Waals surface area (Å²) in [5, 5.41) is 8.99. The van der Waals surface area contributed by atoms with Gasteiger partial charge in [0.1, 0.15) is 22.2 Å². The quantitative estimate of drug-likeness (QED) is 0.356. The van der Waals surface area contributed by atoms with Crippen LogP contribution in [0.15, 0.2) is 47.8 Å². The van der Waals surface area contributed by atoms with E-state index < -0.39 is 5.60 Å². The number of nitrogens with one attached hydrogen (secondary N) is 2. The molecule has 3 heterocycles. The highest BCUT2D eigenvalue weighted by Crippen LogP contribution is 2.38. The number of rotatable bonds is 4. The number of ether oxygens (including phenoxy) is 2. The molecule has 0 radical (unpaired) electrons. The van der Waals surface area contributed by atoms with Crippen LogP contribution in [0.2, 0.25) is 5.02 Å². The van der Waals surface area contributed by atoms with E-state index in [9.17, 15) is 9.59 Å². The van der Waals surface area contributed by atoms with Crippen LogP contribution in [0.25, 0.3) is 10.6 Å². The summed E-state index contributed by atoms with van der Waals surface area (Å²) >= 11 is 7.70. The fraction of sp³-hybridized carbons (Fsp3) is 0.393. The molecule has 2 atom stereocenters. The Morgan fingerprint density at radius 3 is 2.71 bits per heavy atom. The second-order valence-electron chi connectivity index (χ2n) is 10.4. The third-order valence-electron chi connectivity index (χ3n) is 6.50. The van der Waals surface area contributed by atoms with Crippen LogP contribution in [0, 0.1) is 0 Å². The average Bonchev–Trinajstić information content (AvgIpc) is 3.54. The average molecular weight is 555 g/mol. The van der Waals surface area contributed by atoms with Crippen molar-refractivity contribution in [3.8, 4) is 16.3 Å². The van der Waals surface area contributed by atoms with Gasteiger partial charge in [-0.2, -0.15) is 0 Å². The van der Waals surface area contributed by atoms with Gasteiger partial charge in [0.2, 0.25) is 0 Å². The summed E-state index contributed by atoms with van der Waals surface area (Å²) in [6.07, 6.45) is 2.23. The van der Waals surface area contributed by atoms with E-state index in [1.165, 1.54) is 11.3 Å². The Hall–Kier alpha value is -3.30. The van der Waals surface area contributed by atoms with Gasteiger partial charge in [0.25, 0.3) is 0 Å². The zero-order valence-electron chi connectivity index (χ0n) is 21.6. The van der Waals surface area contributed by atoms with Gasteiger partial charge in [0, 0.05) is 29.5 Å². The predicted molar refractivity (Wildman–Crippen MR) is 149 cm³/mol. The Morgan fingerprint density at radius 1 is 1.16 bits per heavy atom. The van der Waals surface area contributed by atoms with Gasteiger partial charge in [-0.3, -0.25) is 5.32 Å². The fourth-order valence-corrected chi connectivity index (χ4v) is 5.81. The molecule has 38 heavy (non-hydrogen) atoms. The first-order valence-electron chi connectivity index (χ1n) is 12.7. The SMILES string of the molecule is CC(C)(C)OC(=O)N1CCCC1c1ccc(-c2nc(NC(=O)N[C@H]3CCOc4c(Cl)cccc43)cs2)cc1. The van der Waals surface area contributed by atoms with Crippen molar-refractivity contribution in [3.05, 3.63) is 64.0 Å². The van der Waals surface area contributed by atoms with Crippen molar-refractivity contribution in [1.82, 2.24) is 15.2 Å². The molecule has 1 unspecified atom stereocenters. The maximum absolute atomic E-state index is 12.7. The van der Waals surface area contributed by atoms with Crippen LogP contribution >= 0.6 is 22.9 Å². The van der Waals surface area contributed by atoms with Gasteiger partial charge in [0.15, 0.2) is 0 Å². The second kappa shape index (κ2) is 10.8. The first-order chi connectivity index (χ1) is 18.2. The van der Waals surface area contributed by atoms with Crippen LogP contribution in [0.1, 0.15) is 63.2 Å². The van der Waals surface area contributed by atoms with E-state index in [-0.39, 0.29) is 24.2 Å².